The van der Waals surface area contributed by atoms with E-state index in [0.29, 0.717) is 30.7 Å². The first-order valence-electron chi connectivity index (χ1n) is 8.54. The highest BCUT2D eigenvalue weighted by Crippen LogP contribution is 2.35. The third-order valence-electron chi connectivity index (χ3n) is 5.24. The monoisotopic (exact) mass is 311 g/mol. The van der Waals surface area contributed by atoms with E-state index in [1.165, 1.54) is 11.3 Å². The first-order valence-corrected chi connectivity index (χ1v) is 8.54. The number of carboxylic acid groups (broad SMARTS) is 1. The van der Waals surface area contributed by atoms with E-state index < -0.39 is 12.0 Å². The van der Waals surface area contributed by atoms with Gasteiger partial charge in [0.25, 0.3) is 0 Å². The molecule has 1 aliphatic heterocycles. The molecule has 0 aromatic heterocycles. The Morgan fingerprint density at radius 2 is 2.00 bits per heavy atom. The first-order chi connectivity index (χ1) is 10.4. The normalized spacial score (nSPS) is 32.5. The predicted molar refractivity (Wildman–Crippen MR) is 83.5 cm³/mol. The van der Waals surface area contributed by atoms with Gasteiger partial charge < -0.3 is 14.7 Å². The summed E-state index contributed by atoms with van der Waals surface area (Å²) in [6.07, 6.45) is 4.81. The predicted octanol–water partition coefficient (Wildman–Crippen LogP) is 2.54. The number of hydrogen-bond acceptors (Lipinski definition) is 3. The van der Waals surface area contributed by atoms with Gasteiger partial charge in [0.2, 0.25) is 5.91 Å². The molecule has 0 aromatic carbocycles. The van der Waals surface area contributed by atoms with Crippen LogP contribution in [0.3, 0.4) is 0 Å². The lowest BCUT2D eigenvalue weighted by molar-refractivity contribution is -0.152. The van der Waals surface area contributed by atoms with Crippen LogP contribution in [0.25, 0.3) is 0 Å². The van der Waals surface area contributed by atoms with Crippen LogP contribution < -0.4 is 0 Å². The Bertz CT molecular complexity index is 409. The molecule has 0 spiro atoms. The molecule has 126 valence electrons. The quantitative estimate of drug-likeness (QED) is 0.847. The topological polar surface area (TPSA) is 66.8 Å². The molecule has 5 nitrogen and oxygen atoms in total. The van der Waals surface area contributed by atoms with Crippen LogP contribution in [0.5, 0.6) is 0 Å². The van der Waals surface area contributed by atoms with Crippen molar-refractivity contribution in [2.24, 2.45) is 17.8 Å². The van der Waals surface area contributed by atoms with E-state index in [1.807, 2.05) is 0 Å². The molecule has 5 heteroatoms. The fourth-order valence-electron chi connectivity index (χ4n) is 3.89. The van der Waals surface area contributed by atoms with Gasteiger partial charge in [-0.3, -0.25) is 4.79 Å². The van der Waals surface area contributed by atoms with E-state index in [4.69, 9.17) is 9.84 Å². The van der Waals surface area contributed by atoms with Crippen molar-refractivity contribution in [1.29, 1.82) is 0 Å². The van der Waals surface area contributed by atoms with Crippen molar-refractivity contribution in [3.05, 3.63) is 0 Å². The van der Waals surface area contributed by atoms with Crippen LogP contribution in [0, 0.1) is 17.8 Å². The summed E-state index contributed by atoms with van der Waals surface area (Å²) in [7, 11) is 0. The maximum Gasteiger partial charge on any atom is 0.326 e. The minimum atomic E-state index is -0.905. The van der Waals surface area contributed by atoms with Crippen molar-refractivity contribution in [3.63, 3.8) is 0 Å². The maximum atomic E-state index is 12.3. The molecule has 0 bridgehead atoms. The van der Waals surface area contributed by atoms with Crippen molar-refractivity contribution in [3.8, 4) is 0 Å². The summed E-state index contributed by atoms with van der Waals surface area (Å²) in [6, 6.07) is -0.665. The number of ether oxygens (including phenoxy) is 1. The highest BCUT2D eigenvalue weighted by molar-refractivity contribution is 5.84. The van der Waals surface area contributed by atoms with Crippen LogP contribution in [-0.4, -0.2) is 47.2 Å². The van der Waals surface area contributed by atoms with Gasteiger partial charge >= 0.3 is 5.97 Å². The smallest absolute Gasteiger partial charge is 0.326 e. The standard InChI is InChI=1S/C17H29NO4/c1-11(2)13-7-6-12(3)9-15(13)22-10-16(19)18-8-4-5-14(18)17(20)21/h11-15H,4-10H2,1-3H3,(H,20,21)/t12?,13?,14-,15?/m0/s1. The molecule has 4 atom stereocenters. The Morgan fingerprint density at radius 1 is 1.27 bits per heavy atom. The van der Waals surface area contributed by atoms with Gasteiger partial charge in [-0.25, -0.2) is 4.79 Å². The largest absolute Gasteiger partial charge is 0.480 e. The van der Waals surface area contributed by atoms with E-state index in [9.17, 15) is 9.59 Å². The van der Waals surface area contributed by atoms with Gasteiger partial charge in [-0.15, -0.1) is 0 Å². The minimum absolute atomic E-state index is 0.0182. The molecule has 1 aliphatic carbocycles. The molecular formula is C17H29NO4. The third-order valence-corrected chi connectivity index (χ3v) is 5.24. The summed E-state index contributed by atoms with van der Waals surface area (Å²) in [5.41, 5.74) is 0. The van der Waals surface area contributed by atoms with Crippen LogP contribution in [0.15, 0.2) is 0 Å². The number of carboxylic acids is 1. The molecule has 1 amide bonds. The second kappa shape index (κ2) is 7.44. The van der Waals surface area contributed by atoms with Gasteiger partial charge in [0.1, 0.15) is 12.6 Å². The van der Waals surface area contributed by atoms with Crippen molar-refractivity contribution < 1.29 is 19.4 Å². The number of amides is 1. The number of carbonyl (C=O) groups is 2. The van der Waals surface area contributed by atoms with E-state index in [0.717, 1.165) is 19.3 Å². The lowest BCUT2D eigenvalue weighted by Crippen LogP contribution is -2.44. The van der Waals surface area contributed by atoms with Gasteiger partial charge in [0, 0.05) is 6.54 Å². The molecule has 0 aromatic rings. The number of likely N-dealkylation sites (tertiary alicyclic amines) is 1. The summed E-state index contributed by atoms with van der Waals surface area (Å²) in [5.74, 6) is 0.598. The van der Waals surface area contributed by atoms with Gasteiger partial charge in [-0.05, 0) is 43.4 Å². The zero-order valence-corrected chi connectivity index (χ0v) is 14.0. The highest BCUT2D eigenvalue weighted by atomic mass is 16.5. The summed E-state index contributed by atoms with van der Waals surface area (Å²) in [6.45, 7) is 7.20. The van der Waals surface area contributed by atoms with Gasteiger partial charge in [0.05, 0.1) is 6.10 Å². The Hall–Kier alpha value is -1.10. The molecule has 3 unspecified atom stereocenters. The highest BCUT2D eigenvalue weighted by Gasteiger charge is 2.36. The molecule has 2 aliphatic rings. The summed E-state index contributed by atoms with van der Waals surface area (Å²) in [4.78, 5) is 24.9. The average molecular weight is 311 g/mol. The van der Waals surface area contributed by atoms with Crippen LogP contribution in [0.1, 0.15) is 52.9 Å². The fourth-order valence-corrected chi connectivity index (χ4v) is 3.89. The minimum Gasteiger partial charge on any atom is -0.480 e. The van der Waals surface area contributed by atoms with Crippen LogP contribution in [0.2, 0.25) is 0 Å². The van der Waals surface area contributed by atoms with E-state index >= 15 is 0 Å². The van der Waals surface area contributed by atoms with Crippen molar-refractivity contribution in [1.82, 2.24) is 4.90 Å². The van der Waals surface area contributed by atoms with Crippen molar-refractivity contribution >= 4 is 11.9 Å². The van der Waals surface area contributed by atoms with E-state index in [-0.39, 0.29) is 18.6 Å². The molecule has 1 N–H and O–H groups in total. The molecule has 1 saturated carbocycles. The Balaban J connectivity index is 1.90. The first kappa shape index (κ1) is 17.3. The SMILES string of the molecule is CC1CCC(C(C)C)C(OCC(=O)N2CCC[C@H]2C(=O)O)C1. The molecule has 1 heterocycles. The average Bonchev–Trinajstić information content (AvgIpc) is 2.94. The molecular weight excluding hydrogens is 282 g/mol. The van der Waals surface area contributed by atoms with E-state index in [2.05, 4.69) is 20.8 Å². The van der Waals surface area contributed by atoms with Gasteiger partial charge in [0.15, 0.2) is 0 Å². The Morgan fingerprint density at radius 3 is 2.64 bits per heavy atom. The van der Waals surface area contributed by atoms with Crippen LogP contribution in [-0.2, 0) is 14.3 Å². The molecule has 2 rings (SSSR count). The lowest BCUT2D eigenvalue weighted by atomic mass is 9.75. The molecule has 1 saturated heterocycles. The third kappa shape index (κ3) is 4.00. The number of rotatable bonds is 5. The summed E-state index contributed by atoms with van der Waals surface area (Å²) in [5, 5.41) is 9.16. The van der Waals surface area contributed by atoms with E-state index in [1.54, 1.807) is 0 Å². The number of aliphatic carboxylic acids is 1. The van der Waals surface area contributed by atoms with Crippen LogP contribution in [0.4, 0.5) is 0 Å². The second-order valence-electron chi connectivity index (χ2n) is 7.26. The van der Waals surface area contributed by atoms with Gasteiger partial charge in [-0.1, -0.05) is 27.2 Å². The van der Waals surface area contributed by atoms with Crippen molar-refractivity contribution in [2.75, 3.05) is 13.2 Å². The Labute approximate surface area is 133 Å². The van der Waals surface area contributed by atoms with Crippen LogP contribution >= 0.6 is 0 Å². The maximum absolute atomic E-state index is 12.3. The zero-order valence-electron chi connectivity index (χ0n) is 14.0. The number of hydrogen-bond donors (Lipinski definition) is 1. The molecule has 0 radical (unpaired) electrons. The summed E-state index contributed by atoms with van der Waals surface area (Å²) < 4.78 is 5.95. The molecule has 2 fully saturated rings. The number of carbonyl (C=O) groups excluding carboxylic acids is 1. The lowest BCUT2D eigenvalue weighted by Gasteiger charge is -2.37. The number of nitrogens with zero attached hydrogens (tertiary/aromatic N) is 1. The zero-order chi connectivity index (χ0) is 16.3. The van der Waals surface area contributed by atoms with Gasteiger partial charge in [-0.2, -0.15) is 0 Å². The fraction of sp³-hybridized carbons (Fsp3) is 0.882. The molecule has 22 heavy (non-hydrogen) atoms. The summed E-state index contributed by atoms with van der Waals surface area (Å²) >= 11 is 0. The second-order valence-corrected chi connectivity index (χ2v) is 7.26. The van der Waals surface area contributed by atoms with Crippen molar-refractivity contribution in [2.45, 2.75) is 65.0 Å². The Kier molecular flexibility index (Phi) is 5.84.